The predicted octanol–water partition coefficient (Wildman–Crippen LogP) is 11.7. The average molecular weight is 647 g/mol. The molecule has 248 valence electrons. The smallest absolute Gasteiger partial charge is 0.137 e. The molecule has 0 aliphatic carbocycles. The van der Waals surface area contributed by atoms with Gasteiger partial charge >= 0.3 is 0 Å². The lowest BCUT2D eigenvalue weighted by atomic mass is 9.86. The number of rotatable bonds is 10. The maximum atomic E-state index is 6.55. The molecule has 0 bridgehead atoms. The van der Waals surface area contributed by atoms with E-state index < -0.39 is 0 Å². The molecule has 0 fully saturated rings. The number of aryl methyl sites for hydroxylation is 1. The Balaban J connectivity index is 1.24. The van der Waals surface area contributed by atoms with E-state index in [-0.39, 0.29) is 0 Å². The number of hydrogen-bond donors (Lipinski definition) is 0. The highest BCUT2D eigenvalue weighted by atomic mass is 16.5. The Morgan fingerprint density at radius 1 is 0.694 bits per heavy atom. The lowest BCUT2D eigenvalue weighted by Gasteiger charge is -2.18. The number of pyridine rings is 1. The molecule has 5 heteroatoms. The maximum absolute atomic E-state index is 6.55. The molecule has 0 saturated heterocycles. The van der Waals surface area contributed by atoms with E-state index in [2.05, 4.69) is 138 Å². The number of para-hydroxylation sites is 1. The highest BCUT2D eigenvalue weighted by Crippen LogP contribution is 2.36. The molecule has 0 unspecified atom stereocenters. The number of aromatic nitrogens is 4. The third-order valence-corrected chi connectivity index (χ3v) is 9.20. The van der Waals surface area contributed by atoms with Gasteiger partial charge in [0.1, 0.15) is 17.3 Å². The van der Waals surface area contributed by atoms with Gasteiger partial charge in [-0.25, -0.2) is 9.67 Å². The molecule has 0 aliphatic heterocycles. The summed E-state index contributed by atoms with van der Waals surface area (Å²) in [5.74, 6) is 3.98. The van der Waals surface area contributed by atoms with Crippen LogP contribution in [0.5, 0.6) is 11.5 Å². The van der Waals surface area contributed by atoms with Crippen molar-refractivity contribution in [2.24, 2.45) is 11.8 Å². The second-order valence-corrected chi connectivity index (χ2v) is 14.6. The predicted molar refractivity (Wildman–Crippen MR) is 204 cm³/mol. The summed E-state index contributed by atoms with van der Waals surface area (Å²) in [5, 5.41) is 7.22. The van der Waals surface area contributed by atoms with Gasteiger partial charge in [-0.1, -0.05) is 83.5 Å². The highest BCUT2D eigenvalue weighted by molar-refractivity contribution is 6.09. The van der Waals surface area contributed by atoms with Gasteiger partial charge in [0.25, 0.3) is 0 Å². The molecule has 7 rings (SSSR count). The zero-order valence-corrected chi connectivity index (χ0v) is 29.7. The summed E-state index contributed by atoms with van der Waals surface area (Å²) >= 11 is 0. The summed E-state index contributed by atoms with van der Waals surface area (Å²) in [6.45, 7) is 15.8. The third-order valence-electron chi connectivity index (χ3n) is 9.20. The van der Waals surface area contributed by atoms with Crippen LogP contribution in [0.3, 0.4) is 0 Å². The number of benzene rings is 4. The van der Waals surface area contributed by atoms with Crippen molar-refractivity contribution in [3.63, 3.8) is 0 Å². The van der Waals surface area contributed by atoms with Crippen molar-refractivity contribution in [2.75, 3.05) is 0 Å². The first-order valence-electron chi connectivity index (χ1n) is 17.6. The summed E-state index contributed by atoms with van der Waals surface area (Å²) in [4.78, 5) is 4.80. The molecule has 0 N–H and O–H groups in total. The van der Waals surface area contributed by atoms with Gasteiger partial charge in [0.2, 0.25) is 0 Å². The Morgan fingerprint density at radius 2 is 1.41 bits per heavy atom. The zero-order chi connectivity index (χ0) is 34.2. The second kappa shape index (κ2) is 13.4. The van der Waals surface area contributed by atoms with Gasteiger partial charge in [-0.3, -0.25) is 4.57 Å². The fourth-order valence-electron chi connectivity index (χ4n) is 7.11. The monoisotopic (exact) mass is 646 g/mol. The van der Waals surface area contributed by atoms with Crippen molar-refractivity contribution >= 4 is 21.8 Å². The number of nitrogens with zero attached hydrogens (tertiary/aromatic N) is 4. The highest BCUT2D eigenvalue weighted by Gasteiger charge is 2.18. The van der Waals surface area contributed by atoms with E-state index in [1.54, 1.807) is 0 Å². The van der Waals surface area contributed by atoms with Crippen LogP contribution in [0.2, 0.25) is 0 Å². The third kappa shape index (κ3) is 6.63. The molecule has 3 heterocycles. The van der Waals surface area contributed by atoms with E-state index in [0.29, 0.717) is 17.8 Å². The molecular weight excluding hydrogens is 601 g/mol. The largest absolute Gasteiger partial charge is 0.457 e. The molecule has 4 aromatic carbocycles. The first-order chi connectivity index (χ1) is 23.6. The molecule has 49 heavy (non-hydrogen) atoms. The first kappa shape index (κ1) is 32.4. The minimum Gasteiger partial charge on any atom is -0.457 e. The van der Waals surface area contributed by atoms with Gasteiger partial charge in [0.05, 0.1) is 22.9 Å². The van der Waals surface area contributed by atoms with Gasteiger partial charge < -0.3 is 4.74 Å². The van der Waals surface area contributed by atoms with E-state index in [0.717, 1.165) is 52.4 Å². The van der Waals surface area contributed by atoms with Crippen molar-refractivity contribution < 1.29 is 4.74 Å². The van der Waals surface area contributed by atoms with E-state index in [1.807, 2.05) is 29.2 Å². The van der Waals surface area contributed by atoms with E-state index in [1.165, 1.54) is 38.6 Å². The van der Waals surface area contributed by atoms with Crippen LogP contribution in [0.15, 0.2) is 110 Å². The van der Waals surface area contributed by atoms with Gasteiger partial charge in [0.15, 0.2) is 0 Å². The molecule has 0 amide bonds. The zero-order valence-electron chi connectivity index (χ0n) is 29.7. The molecule has 5 nitrogen and oxygen atoms in total. The number of hydrogen-bond acceptors (Lipinski definition) is 3. The van der Waals surface area contributed by atoms with Crippen LogP contribution < -0.4 is 4.74 Å². The van der Waals surface area contributed by atoms with Crippen LogP contribution in [0.4, 0.5) is 0 Å². The van der Waals surface area contributed by atoms with Crippen molar-refractivity contribution in [3.05, 3.63) is 132 Å². The van der Waals surface area contributed by atoms with Gasteiger partial charge in [0, 0.05) is 40.9 Å². The fourth-order valence-corrected chi connectivity index (χ4v) is 7.11. The summed E-state index contributed by atoms with van der Waals surface area (Å²) in [5.41, 5.74) is 11.0. The Labute approximate surface area is 290 Å². The van der Waals surface area contributed by atoms with E-state index in [9.17, 15) is 0 Å². The van der Waals surface area contributed by atoms with Crippen molar-refractivity contribution in [1.82, 2.24) is 19.3 Å². The summed E-state index contributed by atoms with van der Waals surface area (Å²) in [6.07, 6.45) is 8.17. The van der Waals surface area contributed by atoms with Gasteiger partial charge in [-0.05, 0) is 102 Å². The Morgan fingerprint density at radius 3 is 2.14 bits per heavy atom. The SMILES string of the molecule is Cc1cc(CC(C)C)c(-c2cnn(-c3cccc(Oc4ccc5c6ccccc6n(-c6cc(C(C)C)ccn6)c5c4)c3)c2)c(CC(C)C)c1. The lowest BCUT2D eigenvalue weighted by Crippen LogP contribution is -2.04. The standard InChI is InChI=1S/C44H46N4O/c1-28(2)19-33-21-31(7)22-34(20-29(3)4)44(33)35-26-46-47(27-35)36-11-10-12-37(24-36)49-38-15-16-40-39-13-8-9-14-41(39)48(42(40)25-38)43-23-32(30(5)6)17-18-45-43/h8-18,21-30H,19-20H2,1-7H3. The summed E-state index contributed by atoms with van der Waals surface area (Å²) < 4.78 is 10.8. The van der Waals surface area contributed by atoms with Crippen molar-refractivity contribution in [1.29, 1.82) is 0 Å². The normalized spacial score (nSPS) is 11.9. The topological polar surface area (TPSA) is 44.9 Å². The minimum absolute atomic E-state index is 0.410. The van der Waals surface area contributed by atoms with Gasteiger partial charge in [-0.15, -0.1) is 0 Å². The second-order valence-electron chi connectivity index (χ2n) is 14.6. The lowest BCUT2D eigenvalue weighted by molar-refractivity contribution is 0.483. The molecule has 7 aromatic rings. The van der Waals surface area contributed by atoms with E-state index in [4.69, 9.17) is 14.8 Å². The molecule has 3 aromatic heterocycles. The Hall–Kier alpha value is -5.16. The molecule has 0 radical (unpaired) electrons. The van der Waals surface area contributed by atoms with Crippen LogP contribution in [0, 0.1) is 18.8 Å². The molecular formula is C44H46N4O. The Kier molecular flexibility index (Phi) is 8.85. The average Bonchev–Trinajstić information content (AvgIpc) is 3.67. The minimum atomic E-state index is 0.410. The van der Waals surface area contributed by atoms with E-state index >= 15 is 0 Å². The van der Waals surface area contributed by atoms with Crippen molar-refractivity contribution in [3.8, 4) is 34.1 Å². The summed E-state index contributed by atoms with van der Waals surface area (Å²) in [7, 11) is 0. The summed E-state index contributed by atoms with van der Waals surface area (Å²) in [6, 6.07) is 32.0. The van der Waals surface area contributed by atoms with Crippen LogP contribution in [0.25, 0.3) is 44.4 Å². The molecule has 0 spiro atoms. The number of fused-ring (bicyclic) bond motifs is 3. The molecule has 0 saturated carbocycles. The molecule has 0 atom stereocenters. The maximum Gasteiger partial charge on any atom is 0.137 e. The van der Waals surface area contributed by atoms with Crippen molar-refractivity contribution in [2.45, 2.75) is 67.2 Å². The van der Waals surface area contributed by atoms with Gasteiger partial charge in [-0.2, -0.15) is 5.10 Å². The Bertz CT molecular complexity index is 2240. The molecule has 0 aliphatic rings. The quantitative estimate of drug-likeness (QED) is 0.149. The first-order valence-corrected chi connectivity index (χ1v) is 17.6. The van der Waals surface area contributed by atoms with Crippen LogP contribution in [-0.4, -0.2) is 19.3 Å². The van der Waals surface area contributed by atoms with Crippen LogP contribution in [-0.2, 0) is 12.8 Å². The van der Waals surface area contributed by atoms with Crippen LogP contribution >= 0.6 is 0 Å². The number of ether oxygens (including phenoxy) is 1. The fraction of sp³-hybridized carbons (Fsp3) is 0.273. The van der Waals surface area contributed by atoms with Crippen LogP contribution in [0.1, 0.15) is 69.7 Å².